The van der Waals surface area contributed by atoms with E-state index in [1.165, 1.54) is 25.3 Å². The van der Waals surface area contributed by atoms with Gasteiger partial charge in [-0.25, -0.2) is 9.78 Å². The van der Waals surface area contributed by atoms with Crippen molar-refractivity contribution < 1.29 is 27.4 Å². The molecule has 3 aromatic rings. The zero-order valence-corrected chi connectivity index (χ0v) is 14.2. The Morgan fingerprint density at radius 2 is 1.63 bits per heavy atom. The van der Waals surface area contributed by atoms with E-state index < -0.39 is 12.3 Å². The minimum Gasteiger partial charge on any atom is -0.464 e. The maximum absolute atomic E-state index is 12.7. The van der Waals surface area contributed by atoms with Gasteiger partial charge in [-0.2, -0.15) is 0 Å². The van der Waals surface area contributed by atoms with Gasteiger partial charge in [0.1, 0.15) is 11.4 Å². The van der Waals surface area contributed by atoms with Crippen molar-refractivity contribution in [1.82, 2.24) is 4.98 Å². The Bertz CT molecular complexity index is 970. The van der Waals surface area contributed by atoms with Crippen LogP contribution in [0.1, 0.15) is 10.5 Å². The standard InChI is InChI=1S/C20H14F3NO3/c1-26-19(25)17-10-5-9-16(24-17)14-7-4-6-13(12-14)15-8-2-3-11-18(15)27-20(21,22)23/h2-12H,1H3. The Kier molecular flexibility index (Phi) is 5.12. The quantitative estimate of drug-likeness (QED) is 0.597. The third-order valence-corrected chi connectivity index (χ3v) is 3.73. The minimum atomic E-state index is -4.79. The summed E-state index contributed by atoms with van der Waals surface area (Å²) < 4.78 is 46.8. The number of pyridine rings is 1. The second kappa shape index (κ2) is 7.49. The van der Waals surface area contributed by atoms with E-state index in [1.54, 1.807) is 48.5 Å². The second-order valence-electron chi connectivity index (χ2n) is 5.52. The van der Waals surface area contributed by atoms with Gasteiger partial charge in [-0.3, -0.25) is 0 Å². The number of ether oxygens (including phenoxy) is 2. The molecule has 2 aromatic carbocycles. The highest BCUT2D eigenvalue weighted by molar-refractivity contribution is 5.88. The summed E-state index contributed by atoms with van der Waals surface area (Å²) in [4.78, 5) is 15.9. The van der Waals surface area contributed by atoms with Crippen molar-refractivity contribution in [3.05, 3.63) is 72.4 Å². The molecule has 1 heterocycles. The minimum absolute atomic E-state index is 0.140. The summed E-state index contributed by atoms with van der Waals surface area (Å²) in [6, 6.07) is 17.6. The van der Waals surface area contributed by atoms with Gasteiger partial charge in [-0.05, 0) is 29.8 Å². The van der Waals surface area contributed by atoms with Crippen molar-refractivity contribution in [1.29, 1.82) is 0 Å². The van der Waals surface area contributed by atoms with Crippen molar-refractivity contribution in [3.8, 4) is 28.1 Å². The first-order valence-electron chi connectivity index (χ1n) is 7.88. The molecule has 0 aliphatic carbocycles. The molecule has 4 nitrogen and oxygen atoms in total. The van der Waals surface area contributed by atoms with E-state index in [-0.39, 0.29) is 11.4 Å². The molecule has 7 heteroatoms. The van der Waals surface area contributed by atoms with E-state index in [1.807, 2.05) is 0 Å². The average Bonchev–Trinajstić information content (AvgIpc) is 2.67. The van der Waals surface area contributed by atoms with E-state index in [9.17, 15) is 18.0 Å². The van der Waals surface area contributed by atoms with Crippen molar-refractivity contribution in [2.75, 3.05) is 7.11 Å². The molecule has 0 unspecified atom stereocenters. The highest BCUT2D eigenvalue weighted by atomic mass is 19.4. The molecular formula is C20H14F3NO3. The zero-order valence-electron chi connectivity index (χ0n) is 14.2. The van der Waals surface area contributed by atoms with Gasteiger partial charge in [-0.15, -0.1) is 13.2 Å². The number of alkyl halides is 3. The first-order valence-corrected chi connectivity index (χ1v) is 7.88. The molecular weight excluding hydrogens is 359 g/mol. The number of hydrogen-bond donors (Lipinski definition) is 0. The van der Waals surface area contributed by atoms with Gasteiger partial charge in [0.25, 0.3) is 0 Å². The summed E-state index contributed by atoms with van der Waals surface area (Å²) in [5.41, 5.74) is 2.09. The Morgan fingerprint density at radius 3 is 2.37 bits per heavy atom. The maximum Gasteiger partial charge on any atom is 0.573 e. The Labute approximate surface area is 153 Å². The van der Waals surface area contributed by atoms with Crippen molar-refractivity contribution >= 4 is 5.97 Å². The van der Waals surface area contributed by atoms with Crippen LogP contribution in [0.4, 0.5) is 13.2 Å². The third kappa shape index (κ3) is 4.44. The average molecular weight is 373 g/mol. The molecule has 0 fully saturated rings. The van der Waals surface area contributed by atoms with Gasteiger partial charge in [-0.1, -0.05) is 42.5 Å². The molecule has 0 atom stereocenters. The summed E-state index contributed by atoms with van der Waals surface area (Å²) in [5, 5.41) is 0. The molecule has 138 valence electrons. The lowest BCUT2D eigenvalue weighted by Crippen LogP contribution is -2.17. The van der Waals surface area contributed by atoms with Crippen LogP contribution in [0.15, 0.2) is 66.7 Å². The molecule has 0 N–H and O–H groups in total. The highest BCUT2D eigenvalue weighted by Crippen LogP contribution is 2.35. The number of esters is 1. The van der Waals surface area contributed by atoms with Crippen LogP contribution in [0.5, 0.6) is 5.75 Å². The van der Waals surface area contributed by atoms with Crippen LogP contribution in [0, 0.1) is 0 Å². The highest BCUT2D eigenvalue weighted by Gasteiger charge is 2.32. The van der Waals surface area contributed by atoms with Crippen LogP contribution in [-0.4, -0.2) is 24.4 Å². The van der Waals surface area contributed by atoms with Crippen LogP contribution < -0.4 is 4.74 Å². The number of halogens is 3. The van der Waals surface area contributed by atoms with Gasteiger partial charge in [0.15, 0.2) is 0 Å². The fourth-order valence-corrected chi connectivity index (χ4v) is 2.58. The van der Waals surface area contributed by atoms with Gasteiger partial charge in [0, 0.05) is 11.1 Å². The zero-order chi connectivity index (χ0) is 19.4. The number of carbonyl (C=O) groups excluding carboxylic acids is 1. The number of para-hydroxylation sites is 1. The number of methoxy groups -OCH3 is 1. The van der Waals surface area contributed by atoms with Gasteiger partial charge in [0.2, 0.25) is 0 Å². The summed E-state index contributed by atoms with van der Waals surface area (Å²) in [6.45, 7) is 0. The SMILES string of the molecule is COC(=O)c1cccc(-c2cccc(-c3ccccc3OC(F)(F)F)c2)n1. The van der Waals surface area contributed by atoms with Crippen molar-refractivity contribution in [2.45, 2.75) is 6.36 Å². The number of rotatable bonds is 4. The smallest absolute Gasteiger partial charge is 0.464 e. The van der Waals surface area contributed by atoms with Crippen molar-refractivity contribution in [2.24, 2.45) is 0 Å². The first-order chi connectivity index (χ1) is 12.9. The fraction of sp³-hybridized carbons (Fsp3) is 0.100. The van der Waals surface area contributed by atoms with Crippen molar-refractivity contribution in [3.63, 3.8) is 0 Å². The van der Waals surface area contributed by atoms with E-state index in [0.717, 1.165) is 0 Å². The number of benzene rings is 2. The van der Waals surface area contributed by atoms with Gasteiger partial charge in [0.05, 0.1) is 12.8 Å². The van der Waals surface area contributed by atoms with Crippen LogP contribution >= 0.6 is 0 Å². The Hall–Kier alpha value is -3.35. The molecule has 0 spiro atoms. The Balaban J connectivity index is 2.02. The molecule has 1 aromatic heterocycles. The van der Waals surface area contributed by atoms with Crippen LogP contribution in [-0.2, 0) is 4.74 Å². The number of aromatic nitrogens is 1. The van der Waals surface area contributed by atoms with Gasteiger partial charge >= 0.3 is 12.3 Å². The second-order valence-corrected chi connectivity index (χ2v) is 5.52. The van der Waals surface area contributed by atoms with E-state index in [0.29, 0.717) is 22.4 Å². The van der Waals surface area contributed by atoms with Crippen LogP contribution in [0.2, 0.25) is 0 Å². The predicted octanol–water partition coefficient (Wildman–Crippen LogP) is 5.10. The summed E-state index contributed by atoms with van der Waals surface area (Å²) in [5.74, 6) is -0.865. The summed E-state index contributed by atoms with van der Waals surface area (Å²) in [6.07, 6.45) is -4.79. The van der Waals surface area contributed by atoms with E-state index in [2.05, 4.69) is 14.5 Å². The van der Waals surface area contributed by atoms with E-state index >= 15 is 0 Å². The van der Waals surface area contributed by atoms with Crippen LogP contribution in [0.3, 0.4) is 0 Å². The van der Waals surface area contributed by atoms with Crippen LogP contribution in [0.25, 0.3) is 22.4 Å². The molecule has 3 rings (SSSR count). The summed E-state index contributed by atoms with van der Waals surface area (Å²) in [7, 11) is 1.26. The topological polar surface area (TPSA) is 48.4 Å². The number of carbonyl (C=O) groups is 1. The first kappa shape index (κ1) is 18.4. The molecule has 0 bridgehead atoms. The molecule has 0 aliphatic heterocycles. The molecule has 0 radical (unpaired) electrons. The molecule has 0 saturated heterocycles. The number of hydrogen-bond acceptors (Lipinski definition) is 4. The third-order valence-electron chi connectivity index (χ3n) is 3.73. The number of nitrogens with zero attached hydrogens (tertiary/aromatic N) is 1. The largest absolute Gasteiger partial charge is 0.573 e. The predicted molar refractivity (Wildman–Crippen MR) is 93.1 cm³/mol. The molecule has 0 amide bonds. The molecule has 0 saturated carbocycles. The maximum atomic E-state index is 12.7. The lowest BCUT2D eigenvalue weighted by molar-refractivity contribution is -0.274. The lowest BCUT2D eigenvalue weighted by atomic mass is 10.0. The lowest BCUT2D eigenvalue weighted by Gasteiger charge is -2.14. The van der Waals surface area contributed by atoms with Gasteiger partial charge < -0.3 is 9.47 Å². The summed E-state index contributed by atoms with van der Waals surface area (Å²) >= 11 is 0. The normalized spacial score (nSPS) is 11.1. The molecule has 0 aliphatic rings. The van der Waals surface area contributed by atoms with E-state index in [4.69, 9.17) is 0 Å². The fourth-order valence-electron chi connectivity index (χ4n) is 2.58. The monoisotopic (exact) mass is 373 g/mol. The molecule has 27 heavy (non-hydrogen) atoms. The Morgan fingerprint density at radius 1 is 0.926 bits per heavy atom.